The van der Waals surface area contributed by atoms with E-state index < -0.39 is 15.8 Å². The van der Waals surface area contributed by atoms with Gasteiger partial charge in [0.2, 0.25) is 0 Å². The van der Waals surface area contributed by atoms with E-state index in [1.165, 1.54) is 21.2 Å². The van der Waals surface area contributed by atoms with Gasteiger partial charge in [-0.25, -0.2) is 0 Å². The monoisotopic (exact) mass is 588 g/mol. The number of hydrogen-bond donors (Lipinski definition) is 0. The summed E-state index contributed by atoms with van der Waals surface area (Å²) in [5, 5.41) is 5.54. The zero-order valence-corrected chi connectivity index (χ0v) is 20.3. The second-order valence-corrected chi connectivity index (χ2v) is 10.5. The Morgan fingerprint density at radius 2 is 0.552 bits per heavy atom. The molecule has 29 heavy (non-hydrogen) atoms. The van der Waals surface area contributed by atoms with Crippen molar-refractivity contribution >= 4 is 37.1 Å². The molecule has 0 amide bonds. The van der Waals surface area contributed by atoms with E-state index in [4.69, 9.17) is 0 Å². The second-order valence-electron chi connectivity index (χ2n) is 6.38. The number of hydrogen-bond acceptors (Lipinski definition) is 0. The van der Waals surface area contributed by atoms with Gasteiger partial charge >= 0.3 is 0 Å². The maximum absolute atomic E-state index is 2.45. The van der Waals surface area contributed by atoms with Crippen molar-refractivity contribution in [2.24, 2.45) is 0 Å². The Kier molecular flexibility index (Phi) is 8.53. The molecular formula is C26H22OsP2. The Morgan fingerprint density at radius 1 is 0.345 bits per heavy atom. The Hall–Kier alpha value is -1.88. The smallest absolute Gasteiger partial charge is 0 e. The van der Waals surface area contributed by atoms with Crippen LogP contribution in [0.3, 0.4) is 0 Å². The molecule has 3 heteroatoms. The quantitative estimate of drug-likeness (QED) is 0.254. The first kappa shape index (κ1) is 21.8. The average molecular weight is 587 g/mol. The van der Waals surface area contributed by atoms with Crippen LogP contribution < -0.4 is 21.2 Å². The molecular weight excluding hydrogens is 564 g/mol. The average Bonchev–Trinajstić information content (AvgIpc) is 2.79. The molecule has 0 heterocycles. The first-order valence-electron chi connectivity index (χ1n) is 9.39. The van der Waals surface area contributed by atoms with Gasteiger partial charge in [0.25, 0.3) is 0 Å². The van der Waals surface area contributed by atoms with E-state index in [0.29, 0.717) is 0 Å². The summed E-state index contributed by atoms with van der Waals surface area (Å²) in [6.45, 7) is 0. The third kappa shape index (κ3) is 5.81. The first-order valence-corrected chi connectivity index (χ1v) is 12.2. The molecule has 0 spiro atoms. The van der Waals surface area contributed by atoms with Crippen molar-refractivity contribution in [3.8, 4) is 0 Å². The molecule has 4 aromatic carbocycles. The molecule has 4 rings (SSSR count). The van der Waals surface area contributed by atoms with Crippen LogP contribution in [0.25, 0.3) is 0 Å². The van der Waals surface area contributed by atoms with Crippen molar-refractivity contribution < 1.29 is 19.8 Å². The van der Waals surface area contributed by atoms with E-state index in [1.54, 1.807) is 0 Å². The summed E-state index contributed by atoms with van der Waals surface area (Å²) in [5.74, 6) is 4.90. The molecule has 0 aromatic heterocycles. The SMILES string of the molecule is C(=C/P(c1ccccc1)c1ccccc1)/P(c1ccccc1)c1ccccc1.[Os]. The second kappa shape index (κ2) is 11.3. The van der Waals surface area contributed by atoms with Crippen LogP contribution in [0.2, 0.25) is 0 Å². The summed E-state index contributed by atoms with van der Waals surface area (Å²) in [5.41, 5.74) is 0. The van der Waals surface area contributed by atoms with Gasteiger partial charge in [-0.05, 0) is 37.1 Å². The molecule has 0 atom stereocenters. The van der Waals surface area contributed by atoms with E-state index in [1.807, 2.05) is 0 Å². The summed E-state index contributed by atoms with van der Waals surface area (Å²) >= 11 is 0. The summed E-state index contributed by atoms with van der Waals surface area (Å²) in [4.78, 5) is 0. The largest absolute Gasteiger partial charge is 0.0622 e. The van der Waals surface area contributed by atoms with Crippen molar-refractivity contribution in [1.29, 1.82) is 0 Å². The maximum Gasteiger partial charge on any atom is 0 e. The van der Waals surface area contributed by atoms with Crippen LogP contribution in [-0.2, 0) is 19.8 Å². The Bertz CT molecular complexity index is 840. The van der Waals surface area contributed by atoms with Crippen LogP contribution in [0, 0.1) is 0 Å². The zero-order chi connectivity index (χ0) is 19.0. The van der Waals surface area contributed by atoms with Crippen LogP contribution in [-0.4, -0.2) is 0 Å². The molecule has 144 valence electrons. The third-order valence-electron chi connectivity index (χ3n) is 4.50. The van der Waals surface area contributed by atoms with Gasteiger partial charge < -0.3 is 0 Å². The van der Waals surface area contributed by atoms with Crippen molar-refractivity contribution in [3.05, 3.63) is 133 Å². The fourth-order valence-electron chi connectivity index (χ4n) is 3.13. The van der Waals surface area contributed by atoms with E-state index >= 15 is 0 Å². The molecule has 0 aliphatic heterocycles. The van der Waals surface area contributed by atoms with Gasteiger partial charge in [0, 0.05) is 19.8 Å². The van der Waals surface area contributed by atoms with Gasteiger partial charge in [0.05, 0.1) is 0 Å². The Balaban J connectivity index is 0.00000240. The summed E-state index contributed by atoms with van der Waals surface area (Å²) in [7, 11) is -1.06. The van der Waals surface area contributed by atoms with E-state index in [2.05, 4.69) is 133 Å². The van der Waals surface area contributed by atoms with Crippen LogP contribution in [0.1, 0.15) is 0 Å². The van der Waals surface area contributed by atoms with Gasteiger partial charge in [0.1, 0.15) is 0 Å². The van der Waals surface area contributed by atoms with Crippen LogP contribution in [0.15, 0.2) is 133 Å². The minimum absolute atomic E-state index is 0. The van der Waals surface area contributed by atoms with Gasteiger partial charge in [-0.15, -0.1) is 0 Å². The van der Waals surface area contributed by atoms with Gasteiger partial charge in [0.15, 0.2) is 0 Å². The topological polar surface area (TPSA) is 0 Å². The molecule has 0 bridgehead atoms. The fourth-order valence-corrected chi connectivity index (χ4v) is 7.45. The van der Waals surface area contributed by atoms with Gasteiger partial charge in [-0.3, -0.25) is 0 Å². The molecule has 0 nitrogen and oxygen atoms in total. The molecule has 0 fully saturated rings. The molecule has 0 saturated carbocycles. The fraction of sp³-hybridized carbons (Fsp3) is 0. The number of rotatable bonds is 6. The van der Waals surface area contributed by atoms with Crippen molar-refractivity contribution in [3.63, 3.8) is 0 Å². The third-order valence-corrected chi connectivity index (χ3v) is 9.05. The maximum atomic E-state index is 2.45. The van der Waals surface area contributed by atoms with Gasteiger partial charge in [-0.2, -0.15) is 0 Å². The predicted molar refractivity (Wildman–Crippen MR) is 127 cm³/mol. The van der Waals surface area contributed by atoms with Crippen LogP contribution in [0.5, 0.6) is 0 Å². The van der Waals surface area contributed by atoms with E-state index in [9.17, 15) is 0 Å². The summed E-state index contributed by atoms with van der Waals surface area (Å²) < 4.78 is 0. The molecule has 0 aliphatic rings. The summed E-state index contributed by atoms with van der Waals surface area (Å²) in [6.07, 6.45) is 0. The van der Waals surface area contributed by atoms with Gasteiger partial charge in [-0.1, -0.05) is 133 Å². The summed E-state index contributed by atoms with van der Waals surface area (Å²) in [6, 6.07) is 43.4. The zero-order valence-electron chi connectivity index (χ0n) is 15.9. The minimum Gasteiger partial charge on any atom is -0.0622 e. The number of benzene rings is 4. The van der Waals surface area contributed by atoms with E-state index in [-0.39, 0.29) is 19.8 Å². The first-order chi connectivity index (χ1) is 13.9. The molecule has 0 aliphatic carbocycles. The Morgan fingerprint density at radius 3 is 0.759 bits per heavy atom. The normalized spacial score (nSPS) is 11.0. The van der Waals surface area contributed by atoms with Crippen LogP contribution in [0.4, 0.5) is 0 Å². The van der Waals surface area contributed by atoms with Crippen molar-refractivity contribution in [2.45, 2.75) is 0 Å². The molecule has 0 unspecified atom stereocenters. The molecule has 0 radical (unpaired) electrons. The molecule has 0 saturated heterocycles. The molecule has 0 N–H and O–H groups in total. The molecule has 4 aromatic rings. The predicted octanol–water partition coefficient (Wildman–Crippen LogP) is 5.72. The Labute approximate surface area is 189 Å². The van der Waals surface area contributed by atoms with E-state index in [0.717, 1.165) is 0 Å². The van der Waals surface area contributed by atoms with Crippen molar-refractivity contribution in [1.82, 2.24) is 0 Å². The minimum atomic E-state index is -0.528. The van der Waals surface area contributed by atoms with Crippen molar-refractivity contribution in [2.75, 3.05) is 0 Å². The standard InChI is InChI=1S/C26H22P2.Os/c1-5-13-23(14-6-1)27(24-15-7-2-8-16-24)21-22-28(25-17-9-3-10-18-25)26-19-11-4-12-20-26;/h1-22H;/b22-21-;. The van der Waals surface area contributed by atoms with Crippen LogP contribution >= 0.6 is 15.8 Å².